The van der Waals surface area contributed by atoms with E-state index in [2.05, 4.69) is 63.3 Å². The van der Waals surface area contributed by atoms with Gasteiger partial charge in [0.2, 0.25) is 11.4 Å². The van der Waals surface area contributed by atoms with Crippen LogP contribution in [-0.2, 0) is 4.79 Å². The van der Waals surface area contributed by atoms with Crippen molar-refractivity contribution < 1.29 is 9.59 Å². The van der Waals surface area contributed by atoms with Crippen molar-refractivity contribution in [2.24, 2.45) is 41.4 Å². The molecule has 0 spiro atoms. The number of rotatable bonds is 10. The summed E-state index contributed by atoms with van der Waals surface area (Å²) in [5.74, 6) is 2.55. The number of allylic oxidation sites excluding steroid dienone is 1. The number of nitrogens with zero attached hydrogens (tertiary/aromatic N) is 3. The second kappa shape index (κ2) is 13.7. The molecule has 0 aliphatic heterocycles. The summed E-state index contributed by atoms with van der Waals surface area (Å²) in [6.07, 6.45) is 10.1. The first-order valence-corrected chi connectivity index (χ1v) is 17.5. The summed E-state index contributed by atoms with van der Waals surface area (Å²) < 4.78 is 0. The lowest BCUT2D eigenvalue weighted by molar-refractivity contribution is -0.128. The van der Waals surface area contributed by atoms with Crippen molar-refractivity contribution in [3.63, 3.8) is 0 Å². The largest absolute Gasteiger partial charge is 0.349 e. The maximum atomic E-state index is 14.6. The summed E-state index contributed by atoms with van der Waals surface area (Å²) in [5.41, 5.74) is 1.82. The van der Waals surface area contributed by atoms with E-state index in [9.17, 15) is 9.59 Å². The van der Waals surface area contributed by atoms with E-state index in [1.165, 1.54) is 12.0 Å². The molecule has 3 aliphatic rings. The Kier molecular flexibility index (Phi) is 10.1. The quantitative estimate of drug-likeness (QED) is 0.213. The molecule has 246 valence electrons. The van der Waals surface area contributed by atoms with Crippen LogP contribution in [0.5, 0.6) is 0 Å². The van der Waals surface area contributed by atoms with Gasteiger partial charge in [-0.3, -0.25) is 14.6 Å². The van der Waals surface area contributed by atoms with Crippen LogP contribution in [0.15, 0.2) is 67.0 Å². The average molecular weight is 623 g/mol. The third-order valence-corrected chi connectivity index (χ3v) is 11.7. The highest BCUT2D eigenvalue weighted by Crippen LogP contribution is 2.63. The highest BCUT2D eigenvalue weighted by Gasteiger charge is 2.64. The van der Waals surface area contributed by atoms with Crippen molar-refractivity contribution in [1.29, 1.82) is 0 Å². The van der Waals surface area contributed by atoms with E-state index < -0.39 is 11.6 Å². The monoisotopic (exact) mass is 622 g/mol. The number of hydrogen-bond acceptors (Lipinski definition) is 3. The third-order valence-electron chi connectivity index (χ3n) is 11.7. The molecule has 1 aromatic carbocycles. The highest BCUT2D eigenvalue weighted by molar-refractivity contribution is 5.98. The minimum absolute atomic E-state index is 0.159. The summed E-state index contributed by atoms with van der Waals surface area (Å²) in [6, 6.07) is 12.4. The Balaban J connectivity index is 1.44. The Morgan fingerprint density at radius 3 is 2.48 bits per heavy atom. The van der Waals surface area contributed by atoms with Gasteiger partial charge in [0.05, 0.1) is 0 Å². The van der Waals surface area contributed by atoms with Crippen LogP contribution in [0.4, 0.5) is 0 Å². The SMILES string of the molecule is [C-]#[N+][C@@]12CCC(=C)[C@H]3[C@H](CC(C)(C)NC(=O)C(c4ccccc4)N(CCC(C)C)C(=O)c4ccncc4)C[C@H](C)[C@@H](CC[C@@H]1C)[C@@H]32. The number of carbonyl (C=O) groups excluding carboxylic acids is 2. The van der Waals surface area contributed by atoms with Crippen LogP contribution in [0.25, 0.3) is 4.85 Å². The molecular weight excluding hydrogens is 568 g/mol. The van der Waals surface area contributed by atoms with Gasteiger partial charge in [0.1, 0.15) is 6.04 Å². The number of aromatic nitrogens is 1. The predicted octanol–water partition coefficient (Wildman–Crippen LogP) is 8.54. The van der Waals surface area contributed by atoms with Crippen LogP contribution in [0, 0.1) is 48.0 Å². The fraction of sp³-hybridized carbons (Fsp3) is 0.600. The van der Waals surface area contributed by atoms with E-state index in [1.807, 2.05) is 30.3 Å². The second-order valence-corrected chi connectivity index (χ2v) is 15.7. The van der Waals surface area contributed by atoms with Crippen LogP contribution < -0.4 is 5.32 Å². The van der Waals surface area contributed by atoms with E-state index in [0.717, 1.165) is 44.1 Å². The topological polar surface area (TPSA) is 66.7 Å². The van der Waals surface area contributed by atoms with Gasteiger partial charge >= 0.3 is 0 Å². The number of carbonyl (C=O) groups is 2. The maximum absolute atomic E-state index is 14.6. The molecule has 8 atom stereocenters. The molecule has 0 bridgehead atoms. The van der Waals surface area contributed by atoms with E-state index in [-0.39, 0.29) is 17.4 Å². The first kappa shape index (κ1) is 33.9. The van der Waals surface area contributed by atoms with Crippen molar-refractivity contribution in [3.05, 3.63) is 89.6 Å². The zero-order valence-electron chi connectivity index (χ0n) is 28.8. The summed E-state index contributed by atoms with van der Waals surface area (Å²) in [6.45, 7) is 26.7. The van der Waals surface area contributed by atoms with Crippen molar-refractivity contribution in [2.45, 2.75) is 104 Å². The zero-order valence-corrected chi connectivity index (χ0v) is 28.8. The lowest BCUT2D eigenvalue weighted by atomic mass is 9.45. The van der Waals surface area contributed by atoms with Gasteiger partial charge in [0, 0.05) is 48.3 Å². The minimum Gasteiger partial charge on any atom is -0.349 e. The standard InChI is InChI=1S/C40H54N4O2/c1-26(2)19-23-44(38(46)31-17-21-42-22-18-31)36(30-12-10-9-11-13-30)37(45)43-39(6,7)25-32-24-28(4)33-15-14-29(5)40(41-8)20-16-27(3)34(32)35(33)40/h9-13,17-18,21-22,26,28-29,32-36H,3,14-16,19-20,23-25H2,1-2,4-7H3,(H,43,45)/t28-,29-,32-,33+,34-,35-,36?,40-/m0/s1. The number of amides is 2. The molecule has 2 amide bonds. The average Bonchev–Trinajstić information content (AvgIpc) is 3.02. The second-order valence-electron chi connectivity index (χ2n) is 15.7. The van der Waals surface area contributed by atoms with Crippen molar-refractivity contribution in [3.8, 4) is 0 Å². The number of benzene rings is 1. The van der Waals surface area contributed by atoms with Crippen molar-refractivity contribution >= 4 is 11.8 Å². The van der Waals surface area contributed by atoms with Crippen molar-refractivity contribution in [2.75, 3.05) is 6.54 Å². The molecule has 46 heavy (non-hydrogen) atoms. The van der Waals surface area contributed by atoms with Gasteiger partial charge in [-0.1, -0.05) is 70.2 Å². The molecule has 2 aromatic rings. The molecule has 3 aliphatic carbocycles. The number of pyridine rings is 1. The van der Waals surface area contributed by atoms with Gasteiger partial charge < -0.3 is 15.1 Å². The molecule has 3 saturated carbocycles. The minimum atomic E-state index is -0.770. The molecule has 1 heterocycles. The van der Waals surface area contributed by atoms with E-state index in [0.29, 0.717) is 53.5 Å². The first-order valence-electron chi connectivity index (χ1n) is 17.5. The fourth-order valence-corrected chi connectivity index (χ4v) is 9.48. The van der Waals surface area contributed by atoms with Crippen LogP contribution in [0.2, 0.25) is 0 Å². The maximum Gasteiger partial charge on any atom is 0.254 e. The zero-order chi connectivity index (χ0) is 33.2. The number of hydrogen-bond donors (Lipinski definition) is 1. The molecule has 3 fully saturated rings. The molecule has 1 unspecified atom stereocenters. The van der Waals surface area contributed by atoms with Crippen LogP contribution in [0.3, 0.4) is 0 Å². The first-order chi connectivity index (χ1) is 21.9. The lowest BCUT2D eigenvalue weighted by Gasteiger charge is -2.58. The van der Waals surface area contributed by atoms with Gasteiger partial charge in [0.15, 0.2) is 0 Å². The Bertz CT molecular complexity index is 1430. The normalized spacial score (nSPS) is 29.7. The smallest absolute Gasteiger partial charge is 0.254 e. The Morgan fingerprint density at radius 1 is 1.13 bits per heavy atom. The van der Waals surface area contributed by atoms with Crippen molar-refractivity contribution in [1.82, 2.24) is 15.2 Å². The Morgan fingerprint density at radius 2 is 1.83 bits per heavy atom. The Hall–Kier alpha value is -3.46. The van der Waals surface area contributed by atoms with Gasteiger partial charge in [-0.15, -0.1) is 0 Å². The summed E-state index contributed by atoms with van der Waals surface area (Å²) >= 11 is 0. The van der Waals surface area contributed by atoms with Gasteiger partial charge in [0.25, 0.3) is 5.91 Å². The number of nitrogens with one attached hydrogen (secondary N) is 1. The molecule has 0 saturated heterocycles. The van der Waals surface area contributed by atoms with Gasteiger partial charge in [-0.2, -0.15) is 0 Å². The predicted molar refractivity (Wildman–Crippen MR) is 185 cm³/mol. The van der Waals surface area contributed by atoms with E-state index >= 15 is 0 Å². The molecule has 6 heteroatoms. The molecule has 5 rings (SSSR count). The highest BCUT2D eigenvalue weighted by atomic mass is 16.2. The summed E-state index contributed by atoms with van der Waals surface area (Å²) in [7, 11) is 0. The summed E-state index contributed by atoms with van der Waals surface area (Å²) in [4.78, 5) is 38.9. The molecule has 1 aromatic heterocycles. The lowest BCUT2D eigenvalue weighted by Crippen LogP contribution is -2.60. The summed E-state index contributed by atoms with van der Waals surface area (Å²) in [5, 5.41) is 3.45. The van der Waals surface area contributed by atoms with Gasteiger partial charge in [-0.25, -0.2) is 6.57 Å². The van der Waals surface area contributed by atoms with Crippen LogP contribution in [-0.4, -0.2) is 39.3 Å². The Labute approximate surface area is 277 Å². The molecule has 1 N–H and O–H groups in total. The molecular formula is C40H54N4O2. The third kappa shape index (κ3) is 6.66. The van der Waals surface area contributed by atoms with Crippen LogP contribution >= 0.6 is 0 Å². The van der Waals surface area contributed by atoms with Crippen LogP contribution in [0.1, 0.15) is 108 Å². The molecule has 0 radical (unpaired) electrons. The van der Waals surface area contributed by atoms with E-state index in [4.69, 9.17) is 6.57 Å². The fourth-order valence-electron chi connectivity index (χ4n) is 9.48. The molecule has 6 nitrogen and oxygen atoms in total. The van der Waals surface area contributed by atoms with Gasteiger partial charge in [-0.05, 0) is 99.7 Å². The van der Waals surface area contributed by atoms with E-state index in [1.54, 1.807) is 29.4 Å².